The smallest absolute Gasteiger partial charge is 0.502 e. The van der Waals surface area contributed by atoms with Crippen LogP contribution in [0.4, 0.5) is 0 Å². The van der Waals surface area contributed by atoms with E-state index in [1.165, 1.54) is 0 Å². The summed E-state index contributed by atoms with van der Waals surface area (Å²) in [5, 5.41) is 19.7. The molecule has 0 unspecified atom stereocenters. The molecule has 16 heavy (non-hydrogen) atoms. The molecule has 0 spiro atoms. The Morgan fingerprint density at radius 1 is 1.38 bits per heavy atom. The van der Waals surface area contributed by atoms with Gasteiger partial charge < -0.3 is 19.5 Å². The minimum atomic E-state index is -1.11. The summed E-state index contributed by atoms with van der Waals surface area (Å²) in [6.45, 7) is 7.38. The molecule has 0 radical (unpaired) electrons. The Labute approximate surface area is 97.4 Å². The van der Waals surface area contributed by atoms with Gasteiger partial charge in [0.05, 0.1) is 17.8 Å². The highest BCUT2D eigenvalue weighted by molar-refractivity contribution is 6.51. The quantitative estimate of drug-likeness (QED) is 0.711. The van der Waals surface area contributed by atoms with Crippen LogP contribution in [0.2, 0.25) is 0 Å². The molecule has 0 aliphatic carbocycles. The summed E-state index contributed by atoms with van der Waals surface area (Å²) in [6.07, 6.45) is 3.68. The largest absolute Gasteiger partial charge is 0.528 e. The second-order valence-electron chi connectivity index (χ2n) is 5.14. The first kappa shape index (κ1) is 13.5. The molecule has 0 saturated carbocycles. The predicted molar refractivity (Wildman–Crippen MR) is 62.7 cm³/mol. The second kappa shape index (κ2) is 4.78. The van der Waals surface area contributed by atoms with Crippen LogP contribution in [0.1, 0.15) is 40.5 Å². The molecular formula is C11H21BO4. The van der Waals surface area contributed by atoms with Crippen LogP contribution in [0.3, 0.4) is 0 Å². The van der Waals surface area contributed by atoms with Crippen LogP contribution in [0.5, 0.6) is 0 Å². The first-order chi connectivity index (χ1) is 7.24. The van der Waals surface area contributed by atoms with Gasteiger partial charge in [0.15, 0.2) is 0 Å². The minimum absolute atomic E-state index is 0.448. The molecule has 0 aromatic rings. The van der Waals surface area contributed by atoms with Crippen molar-refractivity contribution in [1.82, 2.24) is 0 Å². The van der Waals surface area contributed by atoms with Crippen LogP contribution >= 0.6 is 0 Å². The topological polar surface area (TPSA) is 58.9 Å². The van der Waals surface area contributed by atoms with Crippen LogP contribution in [-0.2, 0) is 9.39 Å². The van der Waals surface area contributed by atoms with E-state index in [0.29, 0.717) is 12.3 Å². The summed E-state index contributed by atoms with van der Waals surface area (Å²) < 4.78 is 10.8. The van der Waals surface area contributed by atoms with E-state index in [0.717, 1.165) is 12.8 Å². The van der Waals surface area contributed by atoms with Crippen molar-refractivity contribution < 1.29 is 19.5 Å². The van der Waals surface area contributed by atoms with Gasteiger partial charge in [-0.3, -0.25) is 0 Å². The first-order valence-corrected chi connectivity index (χ1v) is 5.65. The van der Waals surface area contributed by atoms with Crippen molar-refractivity contribution in [3.05, 3.63) is 11.7 Å². The van der Waals surface area contributed by atoms with Crippen molar-refractivity contribution in [2.75, 3.05) is 6.61 Å². The molecule has 92 valence electrons. The average Bonchev–Trinajstić information content (AvgIpc) is 2.16. The highest BCUT2D eigenvalue weighted by Gasteiger charge is 2.40. The highest BCUT2D eigenvalue weighted by atomic mass is 16.6. The monoisotopic (exact) mass is 228 g/mol. The number of hydrogen-bond donors (Lipinski definition) is 2. The van der Waals surface area contributed by atoms with Gasteiger partial charge in [0.2, 0.25) is 0 Å². The molecule has 0 saturated heterocycles. The Morgan fingerprint density at radius 3 is 2.44 bits per heavy atom. The van der Waals surface area contributed by atoms with Gasteiger partial charge in [-0.15, -0.1) is 0 Å². The average molecular weight is 228 g/mol. The molecule has 0 aromatic carbocycles. The third-order valence-electron chi connectivity index (χ3n) is 3.09. The molecule has 1 rings (SSSR count). The Hall–Kier alpha value is -0.515. The molecule has 1 heterocycles. The lowest BCUT2D eigenvalue weighted by atomic mass is 9.80. The lowest BCUT2D eigenvalue weighted by molar-refractivity contribution is -0.100. The van der Waals surface area contributed by atoms with Crippen molar-refractivity contribution in [3.8, 4) is 0 Å². The molecule has 0 aromatic heterocycles. The summed E-state index contributed by atoms with van der Waals surface area (Å²) in [4.78, 5) is 0. The van der Waals surface area contributed by atoms with Crippen molar-refractivity contribution in [2.45, 2.75) is 51.7 Å². The van der Waals surface area contributed by atoms with Crippen molar-refractivity contribution in [1.29, 1.82) is 0 Å². The molecule has 0 bridgehead atoms. The Balaban J connectivity index is 2.63. The van der Waals surface area contributed by atoms with Crippen LogP contribution in [0.15, 0.2) is 11.7 Å². The lowest BCUT2D eigenvalue weighted by Crippen LogP contribution is -2.51. The number of ether oxygens (including phenoxy) is 1. The Bertz CT molecular complexity index is 268. The standard InChI is InChI=1S/C11H21BO4/c1-10(2,13)11(3,4)16-12(14)9-7-5-6-8-15-9/h7,13-14H,5-6,8H2,1-4H3. The highest BCUT2D eigenvalue weighted by Crippen LogP contribution is 2.27. The van der Waals surface area contributed by atoms with E-state index >= 15 is 0 Å². The van der Waals surface area contributed by atoms with E-state index in [1.807, 2.05) is 6.08 Å². The normalized spacial score (nSPS) is 17.8. The van der Waals surface area contributed by atoms with E-state index in [9.17, 15) is 10.1 Å². The molecule has 0 fully saturated rings. The van der Waals surface area contributed by atoms with E-state index < -0.39 is 18.3 Å². The van der Waals surface area contributed by atoms with Gasteiger partial charge in [0, 0.05) is 0 Å². The lowest BCUT2D eigenvalue weighted by Gasteiger charge is -2.38. The number of allylic oxidation sites excluding steroid dienone is 1. The van der Waals surface area contributed by atoms with Gasteiger partial charge in [0.25, 0.3) is 0 Å². The van der Waals surface area contributed by atoms with E-state index in [2.05, 4.69) is 0 Å². The van der Waals surface area contributed by atoms with E-state index in [1.54, 1.807) is 27.7 Å². The molecule has 1 aliphatic rings. The van der Waals surface area contributed by atoms with Crippen LogP contribution in [-0.4, -0.2) is 35.1 Å². The zero-order valence-electron chi connectivity index (χ0n) is 10.5. The van der Waals surface area contributed by atoms with Crippen LogP contribution < -0.4 is 0 Å². The fourth-order valence-electron chi connectivity index (χ4n) is 1.23. The fourth-order valence-corrected chi connectivity index (χ4v) is 1.23. The SMILES string of the molecule is CC(C)(O)C(C)(C)OB(O)C1=CCCCO1. The maximum atomic E-state index is 9.90. The predicted octanol–water partition coefficient (Wildman–Crippen LogP) is 1.27. The minimum Gasteiger partial charge on any atom is -0.502 e. The summed E-state index contributed by atoms with van der Waals surface area (Å²) in [5.74, 6) is 0. The van der Waals surface area contributed by atoms with Crippen molar-refractivity contribution in [3.63, 3.8) is 0 Å². The van der Waals surface area contributed by atoms with Gasteiger partial charge in [-0.1, -0.05) is 0 Å². The summed E-state index contributed by atoms with van der Waals surface area (Å²) in [7, 11) is -1.11. The maximum Gasteiger partial charge on any atom is 0.528 e. The third kappa shape index (κ3) is 3.24. The molecular weight excluding hydrogens is 207 g/mol. The zero-order chi connectivity index (χ0) is 12.4. The van der Waals surface area contributed by atoms with Gasteiger partial charge in [-0.2, -0.15) is 0 Å². The number of aliphatic hydroxyl groups is 1. The van der Waals surface area contributed by atoms with Gasteiger partial charge >= 0.3 is 7.12 Å². The summed E-state index contributed by atoms with van der Waals surface area (Å²) in [6, 6.07) is 0. The molecule has 4 nitrogen and oxygen atoms in total. The van der Waals surface area contributed by atoms with E-state index in [4.69, 9.17) is 9.39 Å². The van der Waals surface area contributed by atoms with Crippen LogP contribution in [0.25, 0.3) is 0 Å². The van der Waals surface area contributed by atoms with Crippen molar-refractivity contribution in [2.24, 2.45) is 0 Å². The van der Waals surface area contributed by atoms with Gasteiger partial charge in [-0.05, 0) is 46.6 Å². The fraction of sp³-hybridized carbons (Fsp3) is 0.818. The molecule has 5 heteroatoms. The number of hydrogen-bond acceptors (Lipinski definition) is 4. The van der Waals surface area contributed by atoms with Crippen LogP contribution in [0, 0.1) is 0 Å². The summed E-state index contributed by atoms with van der Waals surface area (Å²) >= 11 is 0. The Kier molecular flexibility index (Phi) is 4.04. The molecule has 2 N–H and O–H groups in total. The number of rotatable bonds is 4. The second-order valence-corrected chi connectivity index (χ2v) is 5.14. The van der Waals surface area contributed by atoms with Gasteiger partial charge in [-0.25, -0.2) is 0 Å². The Morgan fingerprint density at radius 2 is 2.00 bits per heavy atom. The zero-order valence-corrected chi connectivity index (χ0v) is 10.5. The third-order valence-corrected chi connectivity index (χ3v) is 3.09. The van der Waals surface area contributed by atoms with E-state index in [-0.39, 0.29) is 0 Å². The maximum absolute atomic E-state index is 9.90. The summed E-state index contributed by atoms with van der Waals surface area (Å²) in [5.41, 5.74) is -1.44. The molecule has 0 amide bonds. The molecule has 1 aliphatic heterocycles. The van der Waals surface area contributed by atoms with Gasteiger partial charge in [0.1, 0.15) is 5.66 Å². The van der Waals surface area contributed by atoms with Crippen molar-refractivity contribution >= 4 is 7.12 Å². The molecule has 0 atom stereocenters. The first-order valence-electron chi connectivity index (χ1n) is 5.65.